The Hall–Kier alpha value is -2.74. The monoisotopic (exact) mass is 598 g/mol. The molecule has 0 radical (unpaired) electrons. The Morgan fingerprint density at radius 1 is 0.486 bits per heavy atom. The van der Waals surface area contributed by atoms with E-state index in [2.05, 4.69) is 0 Å². The fraction of sp³-hybridized carbons (Fsp3) is 0.727. The van der Waals surface area contributed by atoms with Gasteiger partial charge in [-0.3, -0.25) is 0 Å². The molecule has 0 aromatic rings. The second-order valence-electron chi connectivity index (χ2n) is 8.13. The van der Waals surface area contributed by atoms with Gasteiger partial charge in [0, 0.05) is 0 Å². The van der Waals surface area contributed by atoms with E-state index in [4.69, 9.17) is 37.9 Å². The summed E-state index contributed by atoms with van der Waals surface area (Å²) < 4.78 is 43.6. The second-order valence-corrected chi connectivity index (χ2v) is 10.7. The number of ether oxygens (including phenoxy) is 8. The molecule has 2 fully saturated rings. The van der Waals surface area contributed by atoms with E-state index in [1.807, 2.05) is 0 Å². The summed E-state index contributed by atoms with van der Waals surface area (Å²) in [5.74, 6) is -4.19. The van der Waals surface area contributed by atoms with Crippen LogP contribution in [0.4, 0.5) is 0 Å². The first-order valence-corrected chi connectivity index (χ1v) is 13.2. The quantitative estimate of drug-likeness (QED) is 0.189. The van der Waals surface area contributed by atoms with Gasteiger partial charge in [0.25, 0.3) is 0 Å². The SMILES string of the molecule is CC(=O)OC1COC([Se]C2OCC(OC(C)=O)C(OC(C)=O)C2OC(C)=O)C(OC(C)=O)C1OC(C)=O. The van der Waals surface area contributed by atoms with Crippen molar-refractivity contribution in [2.75, 3.05) is 13.2 Å². The summed E-state index contributed by atoms with van der Waals surface area (Å²) in [4.78, 5) is 70.6. The van der Waals surface area contributed by atoms with Crippen molar-refractivity contribution in [2.24, 2.45) is 0 Å². The van der Waals surface area contributed by atoms with Crippen LogP contribution in [0.2, 0.25) is 0 Å². The van der Waals surface area contributed by atoms with Crippen molar-refractivity contribution in [3.63, 3.8) is 0 Å². The van der Waals surface area contributed by atoms with Crippen molar-refractivity contribution in [1.29, 1.82) is 0 Å². The molecule has 0 aromatic carbocycles. The van der Waals surface area contributed by atoms with E-state index in [1.165, 1.54) is 0 Å². The number of hydrogen-bond acceptors (Lipinski definition) is 14. The first-order chi connectivity index (χ1) is 17.3. The van der Waals surface area contributed by atoms with Crippen LogP contribution in [0.1, 0.15) is 41.5 Å². The van der Waals surface area contributed by atoms with Crippen LogP contribution in [0.25, 0.3) is 0 Å². The van der Waals surface area contributed by atoms with Gasteiger partial charge < -0.3 is 0 Å². The normalized spacial score (nSPS) is 31.3. The van der Waals surface area contributed by atoms with Crippen molar-refractivity contribution in [3.05, 3.63) is 0 Å². The Bertz CT molecular complexity index is 821. The molecular formula is C22H30O14Se. The fourth-order valence-corrected chi connectivity index (χ4v) is 6.53. The van der Waals surface area contributed by atoms with Gasteiger partial charge in [0.15, 0.2) is 0 Å². The molecular weight excluding hydrogens is 567 g/mol. The Kier molecular flexibility index (Phi) is 11.3. The van der Waals surface area contributed by atoms with Crippen LogP contribution >= 0.6 is 0 Å². The molecule has 0 saturated carbocycles. The predicted molar refractivity (Wildman–Crippen MR) is 119 cm³/mol. The van der Waals surface area contributed by atoms with Crippen LogP contribution < -0.4 is 0 Å². The number of rotatable bonds is 8. The molecule has 2 rings (SSSR count). The molecule has 0 aliphatic carbocycles. The number of hydrogen-bond donors (Lipinski definition) is 0. The van der Waals surface area contributed by atoms with Crippen LogP contribution in [0.5, 0.6) is 0 Å². The van der Waals surface area contributed by atoms with Gasteiger partial charge in [0.2, 0.25) is 0 Å². The van der Waals surface area contributed by atoms with E-state index in [0.29, 0.717) is 0 Å². The van der Waals surface area contributed by atoms with Crippen LogP contribution in [0.15, 0.2) is 0 Å². The fourth-order valence-electron chi connectivity index (χ4n) is 3.78. The molecule has 14 nitrogen and oxygen atoms in total. The summed E-state index contributed by atoms with van der Waals surface area (Å²) in [5, 5.41) is -1.86. The standard InChI is InChI=1S/C22H30O14Se/c1-9(23)31-15-7-29-21(19(35-13(5)27)17(15)33-11(3)25)37-22-20(36-14(6)28)18(34-12(4)26)16(8-30-22)32-10(2)24/h15-22H,7-8H2,1-6H3. The summed E-state index contributed by atoms with van der Waals surface area (Å²) in [6.45, 7) is 6.50. The molecule has 2 saturated heterocycles. The molecule has 0 N–H and O–H groups in total. The minimum absolute atomic E-state index is 0.198. The van der Waals surface area contributed by atoms with E-state index < -0.39 is 97.4 Å². The molecule has 208 valence electrons. The van der Waals surface area contributed by atoms with Crippen molar-refractivity contribution >= 4 is 50.8 Å². The summed E-state index contributed by atoms with van der Waals surface area (Å²) in [6.07, 6.45) is -6.92. The predicted octanol–water partition coefficient (Wildman–Crippen LogP) is -1.01. The van der Waals surface area contributed by atoms with E-state index in [-0.39, 0.29) is 13.2 Å². The average Bonchev–Trinajstić information content (AvgIpc) is 2.74. The Morgan fingerprint density at radius 2 is 0.757 bits per heavy atom. The number of carbonyl (C=O) groups excluding carboxylic acids is 6. The maximum atomic E-state index is 11.9. The third kappa shape index (κ3) is 9.25. The Morgan fingerprint density at radius 3 is 1.03 bits per heavy atom. The van der Waals surface area contributed by atoms with Gasteiger partial charge in [-0.1, -0.05) is 0 Å². The second kappa shape index (κ2) is 13.7. The Labute approximate surface area is 219 Å². The van der Waals surface area contributed by atoms with Crippen LogP contribution in [0.3, 0.4) is 0 Å². The van der Waals surface area contributed by atoms with Crippen LogP contribution in [-0.4, -0.2) is 111 Å². The topological polar surface area (TPSA) is 176 Å². The zero-order valence-corrected chi connectivity index (χ0v) is 22.9. The third-order valence-corrected chi connectivity index (χ3v) is 7.70. The van der Waals surface area contributed by atoms with Crippen molar-refractivity contribution in [1.82, 2.24) is 0 Å². The third-order valence-electron chi connectivity index (χ3n) is 4.88. The molecule has 2 heterocycles. The van der Waals surface area contributed by atoms with Crippen LogP contribution in [0, 0.1) is 0 Å². The number of carbonyl (C=O) groups is 6. The van der Waals surface area contributed by atoms with Crippen LogP contribution in [-0.2, 0) is 66.7 Å². The summed E-state index contributed by atoms with van der Waals surface area (Å²) in [5.41, 5.74) is 0. The number of esters is 6. The first kappa shape index (κ1) is 30.5. The van der Waals surface area contributed by atoms with Gasteiger partial charge in [-0.15, -0.1) is 0 Å². The van der Waals surface area contributed by atoms with Gasteiger partial charge in [-0.25, -0.2) is 0 Å². The van der Waals surface area contributed by atoms with Gasteiger partial charge in [-0.2, -0.15) is 0 Å². The average molecular weight is 597 g/mol. The first-order valence-electron chi connectivity index (χ1n) is 11.2. The van der Waals surface area contributed by atoms with Crippen molar-refractivity contribution in [2.45, 2.75) is 88.2 Å². The minimum atomic E-state index is -1.21. The van der Waals surface area contributed by atoms with E-state index >= 15 is 0 Å². The van der Waals surface area contributed by atoms with Gasteiger partial charge in [-0.05, 0) is 0 Å². The summed E-state index contributed by atoms with van der Waals surface area (Å²) >= 11 is -0.848. The van der Waals surface area contributed by atoms with E-state index in [9.17, 15) is 28.8 Å². The van der Waals surface area contributed by atoms with Crippen molar-refractivity contribution in [3.8, 4) is 0 Å². The molecule has 8 unspecified atom stereocenters. The molecule has 0 bridgehead atoms. The summed E-state index contributed by atoms with van der Waals surface area (Å²) in [7, 11) is 0. The van der Waals surface area contributed by atoms with E-state index in [0.717, 1.165) is 41.5 Å². The maximum absolute atomic E-state index is 11.9. The molecule has 0 amide bonds. The molecule has 8 atom stereocenters. The van der Waals surface area contributed by atoms with Gasteiger partial charge in [0.1, 0.15) is 0 Å². The Balaban J connectivity index is 2.38. The molecule has 2 aliphatic heterocycles. The molecule has 2 aliphatic rings. The molecule has 15 heteroatoms. The van der Waals surface area contributed by atoms with Gasteiger partial charge in [0.05, 0.1) is 0 Å². The molecule has 37 heavy (non-hydrogen) atoms. The summed E-state index contributed by atoms with van der Waals surface area (Å²) in [6, 6.07) is 0. The zero-order chi connectivity index (χ0) is 27.9. The van der Waals surface area contributed by atoms with Crippen molar-refractivity contribution < 1.29 is 66.7 Å². The molecule has 0 aromatic heterocycles. The molecule has 0 spiro atoms. The van der Waals surface area contributed by atoms with Gasteiger partial charge >= 0.3 is 219 Å². The van der Waals surface area contributed by atoms with E-state index in [1.54, 1.807) is 0 Å². The zero-order valence-electron chi connectivity index (χ0n) is 21.2.